The van der Waals surface area contributed by atoms with Crippen LogP contribution in [0.25, 0.3) is 11.5 Å². The van der Waals surface area contributed by atoms with E-state index in [0.29, 0.717) is 42.7 Å². The Balaban J connectivity index is 1.32. The number of halogens is 3. The lowest BCUT2D eigenvalue weighted by Crippen LogP contribution is -2.42. The van der Waals surface area contributed by atoms with Gasteiger partial charge in [-0.15, -0.1) is 0 Å². The number of aryl methyl sites for hydroxylation is 2. The number of carboxylic acids is 1. The fourth-order valence-electron chi connectivity index (χ4n) is 4.16. The normalized spacial score (nSPS) is 12.5. The second kappa shape index (κ2) is 13.7. The van der Waals surface area contributed by atoms with Crippen LogP contribution in [0.15, 0.2) is 101 Å². The molecular weight excluding hydrogens is 549 g/mol. The summed E-state index contributed by atoms with van der Waals surface area (Å²) in [6, 6.07) is 21.8. The molecule has 1 heterocycles. The summed E-state index contributed by atoms with van der Waals surface area (Å²) in [5.74, 6) is -0.542. The van der Waals surface area contributed by atoms with Crippen molar-refractivity contribution in [3.05, 3.63) is 119 Å². The van der Waals surface area contributed by atoms with Crippen molar-refractivity contribution in [2.75, 3.05) is 6.61 Å². The van der Waals surface area contributed by atoms with E-state index in [4.69, 9.17) is 9.15 Å². The number of carboxylic acid groups (broad SMARTS) is 1. The highest BCUT2D eigenvalue weighted by molar-refractivity contribution is 6.05. The number of aromatic nitrogens is 1. The first-order valence-corrected chi connectivity index (χ1v) is 13.2. The molecular formula is C32H29F3N2O5. The standard InChI is InChI=1S/C32H29F3N2O5/c1-21-26(37-30(42-21)24-11-6-3-7-12-24)13-8-18-41-25-16-14-22(15-17-25)19-27(31(39)40)36-29(32(33,34)35)20-28(38)23-9-4-2-5-10-23/h2-7,9-12,14-17,20,27,36H,8,13,18-19H2,1H3,(H,39,40)/b29-20-. The van der Waals surface area contributed by atoms with Crippen LogP contribution in [0.2, 0.25) is 0 Å². The van der Waals surface area contributed by atoms with Gasteiger partial charge in [-0.05, 0) is 49.6 Å². The van der Waals surface area contributed by atoms with Gasteiger partial charge in [0.15, 0.2) is 5.78 Å². The van der Waals surface area contributed by atoms with Crippen LogP contribution in [-0.4, -0.2) is 40.7 Å². The zero-order valence-corrected chi connectivity index (χ0v) is 22.7. The van der Waals surface area contributed by atoms with E-state index >= 15 is 0 Å². The molecule has 0 aliphatic rings. The summed E-state index contributed by atoms with van der Waals surface area (Å²) >= 11 is 0. The number of benzene rings is 3. The first-order chi connectivity index (χ1) is 20.1. The van der Waals surface area contributed by atoms with Crippen LogP contribution < -0.4 is 10.1 Å². The van der Waals surface area contributed by atoms with Crippen LogP contribution in [0.4, 0.5) is 13.2 Å². The van der Waals surface area contributed by atoms with Crippen molar-refractivity contribution in [1.29, 1.82) is 0 Å². The van der Waals surface area contributed by atoms with Gasteiger partial charge in [0.2, 0.25) is 5.89 Å². The van der Waals surface area contributed by atoms with E-state index < -0.39 is 29.7 Å². The quantitative estimate of drug-likeness (QED) is 0.105. The lowest BCUT2D eigenvalue weighted by Gasteiger charge is -2.20. The average molecular weight is 579 g/mol. The van der Waals surface area contributed by atoms with Crippen LogP contribution in [0.3, 0.4) is 0 Å². The minimum atomic E-state index is -4.95. The van der Waals surface area contributed by atoms with Crippen molar-refractivity contribution in [2.45, 2.75) is 38.4 Å². The molecule has 7 nitrogen and oxygen atoms in total. The third-order valence-electron chi connectivity index (χ3n) is 6.37. The molecule has 0 saturated heterocycles. The molecule has 0 radical (unpaired) electrons. The summed E-state index contributed by atoms with van der Waals surface area (Å²) in [5.41, 5.74) is 0.844. The number of alkyl halides is 3. The molecule has 0 fully saturated rings. The lowest BCUT2D eigenvalue weighted by molar-refractivity contribution is -0.140. The molecule has 3 aromatic carbocycles. The SMILES string of the molecule is Cc1oc(-c2ccccc2)nc1CCCOc1ccc(CC(N/C(=C\C(=O)c2ccccc2)C(F)(F)F)C(=O)O)cc1. The van der Waals surface area contributed by atoms with Gasteiger partial charge in [-0.2, -0.15) is 13.2 Å². The molecule has 1 atom stereocenters. The maximum atomic E-state index is 13.7. The number of carbonyl (C=O) groups is 2. The summed E-state index contributed by atoms with van der Waals surface area (Å²) in [6.07, 6.45) is -3.51. The van der Waals surface area contributed by atoms with Gasteiger partial charge < -0.3 is 19.6 Å². The Morgan fingerprint density at radius 2 is 1.64 bits per heavy atom. The molecule has 2 N–H and O–H groups in total. The van der Waals surface area contributed by atoms with E-state index in [1.165, 1.54) is 24.3 Å². The second-order valence-electron chi connectivity index (χ2n) is 9.51. The topological polar surface area (TPSA) is 102 Å². The highest BCUT2D eigenvalue weighted by Crippen LogP contribution is 2.26. The van der Waals surface area contributed by atoms with Gasteiger partial charge >= 0.3 is 12.1 Å². The van der Waals surface area contributed by atoms with Gasteiger partial charge in [0.1, 0.15) is 23.2 Å². The highest BCUT2D eigenvalue weighted by atomic mass is 19.4. The number of hydrogen-bond donors (Lipinski definition) is 2. The minimum Gasteiger partial charge on any atom is -0.494 e. The summed E-state index contributed by atoms with van der Waals surface area (Å²) in [6.45, 7) is 2.25. The molecule has 0 saturated carbocycles. The van der Waals surface area contributed by atoms with Gasteiger partial charge in [-0.3, -0.25) is 4.79 Å². The third kappa shape index (κ3) is 8.33. The molecule has 0 aliphatic heterocycles. The first-order valence-electron chi connectivity index (χ1n) is 13.2. The predicted octanol–water partition coefficient (Wildman–Crippen LogP) is 6.58. The molecule has 4 rings (SSSR count). The molecule has 42 heavy (non-hydrogen) atoms. The van der Waals surface area contributed by atoms with Gasteiger partial charge in [-0.1, -0.05) is 60.7 Å². The second-order valence-corrected chi connectivity index (χ2v) is 9.51. The largest absolute Gasteiger partial charge is 0.494 e. The van der Waals surface area contributed by atoms with Gasteiger partial charge in [0.05, 0.1) is 12.3 Å². The van der Waals surface area contributed by atoms with Crippen LogP contribution >= 0.6 is 0 Å². The van der Waals surface area contributed by atoms with Crippen LogP contribution in [0.1, 0.15) is 33.8 Å². The Morgan fingerprint density at radius 3 is 2.26 bits per heavy atom. The summed E-state index contributed by atoms with van der Waals surface area (Å²) in [5, 5.41) is 11.6. The van der Waals surface area contributed by atoms with E-state index in [9.17, 15) is 27.9 Å². The Hall–Kier alpha value is -4.86. The predicted molar refractivity (Wildman–Crippen MR) is 150 cm³/mol. The molecule has 0 aliphatic carbocycles. The number of aliphatic carboxylic acids is 1. The van der Waals surface area contributed by atoms with E-state index in [1.54, 1.807) is 30.3 Å². The van der Waals surface area contributed by atoms with Crippen molar-refractivity contribution >= 4 is 11.8 Å². The molecule has 4 aromatic rings. The number of allylic oxidation sites excluding steroid dienone is 2. The van der Waals surface area contributed by atoms with Crippen molar-refractivity contribution in [3.8, 4) is 17.2 Å². The molecule has 0 spiro atoms. The van der Waals surface area contributed by atoms with Gasteiger partial charge in [0.25, 0.3) is 0 Å². The molecule has 10 heteroatoms. The molecule has 1 aromatic heterocycles. The van der Waals surface area contributed by atoms with Crippen LogP contribution in [0.5, 0.6) is 5.75 Å². The molecule has 218 valence electrons. The molecule has 0 amide bonds. The number of hydrogen-bond acceptors (Lipinski definition) is 6. The van der Waals surface area contributed by atoms with E-state index in [1.807, 2.05) is 42.6 Å². The van der Waals surface area contributed by atoms with E-state index in [-0.39, 0.29) is 12.0 Å². The summed E-state index contributed by atoms with van der Waals surface area (Å²) < 4.78 is 52.6. The van der Waals surface area contributed by atoms with Crippen LogP contribution in [-0.2, 0) is 17.6 Å². The maximum absolute atomic E-state index is 13.7. The number of rotatable bonds is 13. The minimum absolute atomic E-state index is 0.0524. The Labute approximate surface area is 240 Å². The average Bonchev–Trinajstić information content (AvgIpc) is 3.35. The molecule has 1 unspecified atom stereocenters. The fourth-order valence-corrected chi connectivity index (χ4v) is 4.16. The van der Waals surface area contributed by atoms with Crippen molar-refractivity contribution in [1.82, 2.24) is 10.3 Å². The number of nitrogens with zero attached hydrogens (tertiary/aromatic N) is 1. The summed E-state index contributed by atoms with van der Waals surface area (Å²) in [4.78, 5) is 28.7. The number of nitrogens with one attached hydrogen (secondary N) is 1. The van der Waals surface area contributed by atoms with E-state index in [0.717, 1.165) is 17.0 Å². The number of ketones is 1. The maximum Gasteiger partial charge on any atom is 0.431 e. The smallest absolute Gasteiger partial charge is 0.431 e. The van der Waals surface area contributed by atoms with Crippen molar-refractivity contribution in [2.24, 2.45) is 0 Å². The number of oxazole rings is 1. The van der Waals surface area contributed by atoms with Crippen molar-refractivity contribution in [3.63, 3.8) is 0 Å². The highest BCUT2D eigenvalue weighted by Gasteiger charge is 2.37. The van der Waals surface area contributed by atoms with Crippen molar-refractivity contribution < 1.29 is 37.0 Å². The van der Waals surface area contributed by atoms with E-state index in [2.05, 4.69) is 4.98 Å². The zero-order valence-electron chi connectivity index (χ0n) is 22.7. The number of carbonyl (C=O) groups excluding carboxylic acids is 1. The van der Waals surface area contributed by atoms with Gasteiger partial charge in [0, 0.05) is 23.6 Å². The van der Waals surface area contributed by atoms with Gasteiger partial charge in [-0.25, -0.2) is 9.78 Å². The number of ether oxygens (including phenoxy) is 1. The molecule has 0 bridgehead atoms. The summed E-state index contributed by atoms with van der Waals surface area (Å²) in [7, 11) is 0. The Morgan fingerprint density at radius 1 is 1.00 bits per heavy atom. The zero-order chi connectivity index (χ0) is 30.1. The monoisotopic (exact) mass is 578 g/mol. The lowest BCUT2D eigenvalue weighted by atomic mass is 10.0. The first kappa shape index (κ1) is 30.1. The third-order valence-corrected chi connectivity index (χ3v) is 6.37. The van der Waals surface area contributed by atoms with Crippen LogP contribution in [0, 0.1) is 6.92 Å². The Bertz CT molecular complexity index is 1520. The Kier molecular flexibility index (Phi) is 9.80. The fraction of sp³-hybridized carbons (Fsp3) is 0.219.